The maximum Gasteiger partial charge on any atom is 0.496 e. The molecule has 0 spiro atoms. The van der Waals surface area contributed by atoms with E-state index in [0.29, 0.717) is 11.7 Å². The maximum absolute atomic E-state index is 6.09. The van der Waals surface area contributed by atoms with E-state index in [0.717, 1.165) is 5.47 Å². The van der Waals surface area contributed by atoms with Gasteiger partial charge in [-0.05, 0) is 45.9 Å². The molecule has 1 fully saturated rings. The zero-order chi connectivity index (χ0) is 15.8. The Morgan fingerprint density at radius 3 is 2.52 bits per heavy atom. The van der Waals surface area contributed by atoms with E-state index >= 15 is 0 Å². The Morgan fingerprint density at radius 1 is 1.33 bits per heavy atom. The molecule has 6 heteroatoms. The van der Waals surface area contributed by atoms with Crippen LogP contribution in [0.15, 0.2) is 23.5 Å². The second-order valence-corrected chi connectivity index (χ2v) is 6.86. The zero-order valence-corrected chi connectivity index (χ0v) is 13.8. The highest BCUT2D eigenvalue weighted by Gasteiger charge is 2.48. The van der Waals surface area contributed by atoms with Gasteiger partial charge in [0.1, 0.15) is 11.9 Å². The van der Waals surface area contributed by atoms with Crippen molar-refractivity contribution in [3.8, 4) is 0 Å². The molecule has 0 bridgehead atoms. The van der Waals surface area contributed by atoms with Crippen LogP contribution in [0.2, 0.25) is 0 Å². The molecule has 0 amide bonds. The second-order valence-electron chi connectivity index (χ2n) is 6.86. The van der Waals surface area contributed by atoms with Crippen molar-refractivity contribution < 1.29 is 14.0 Å². The van der Waals surface area contributed by atoms with Gasteiger partial charge in [0.25, 0.3) is 0 Å². The number of rotatable bonds is 4. The summed E-state index contributed by atoms with van der Waals surface area (Å²) in [6, 6.07) is 0. The largest absolute Gasteiger partial charge is 0.496 e. The Bertz CT molecular complexity index is 446. The first-order valence-corrected chi connectivity index (χ1v) is 7.64. The summed E-state index contributed by atoms with van der Waals surface area (Å²) in [5, 5.41) is 3.10. The SMILES string of the molecule is CC(C)OC1=CC(B2OC(C(C)C)C(C)(C)O2)=CNC1N. The monoisotopic (exact) mass is 294 g/mol. The molecule has 2 aliphatic heterocycles. The molecule has 118 valence electrons. The fraction of sp³-hybridized carbons (Fsp3) is 0.733. The number of nitrogens with two attached hydrogens (primary N) is 1. The lowest BCUT2D eigenvalue weighted by Crippen LogP contribution is -2.41. The van der Waals surface area contributed by atoms with E-state index in [4.69, 9.17) is 19.8 Å². The average molecular weight is 294 g/mol. The number of hydrogen-bond donors (Lipinski definition) is 2. The fourth-order valence-corrected chi connectivity index (χ4v) is 2.85. The van der Waals surface area contributed by atoms with Gasteiger partial charge in [-0.1, -0.05) is 13.8 Å². The predicted molar refractivity (Wildman–Crippen MR) is 84.1 cm³/mol. The van der Waals surface area contributed by atoms with E-state index in [1.54, 1.807) is 0 Å². The summed E-state index contributed by atoms with van der Waals surface area (Å²) in [7, 11) is -0.391. The minimum Gasteiger partial charge on any atom is -0.492 e. The normalized spacial score (nSPS) is 28.5. The van der Waals surface area contributed by atoms with Crippen molar-refractivity contribution >= 4 is 7.12 Å². The van der Waals surface area contributed by atoms with Gasteiger partial charge in [0.2, 0.25) is 0 Å². The van der Waals surface area contributed by atoms with E-state index in [1.165, 1.54) is 0 Å². The summed E-state index contributed by atoms with van der Waals surface area (Å²) >= 11 is 0. The van der Waals surface area contributed by atoms with Crippen molar-refractivity contribution in [3.63, 3.8) is 0 Å². The molecule has 1 saturated heterocycles. The highest BCUT2D eigenvalue weighted by atomic mass is 16.7. The van der Waals surface area contributed by atoms with Crippen LogP contribution in [-0.2, 0) is 14.0 Å². The Balaban J connectivity index is 2.14. The molecule has 2 rings (SSSR count). The molecule has 5 nitrogen and oxygen atoms in total. The molecule has 0 aromatic rings. The third kappa shape index (κ3) is 3.62. The van der Waals surface area contributed by atoms with Crippen molar-refractivity contribution in [1.29, 1.82) is 0 Å². The van der Waals surface area contributed by atoms with Crippen molar-refractivity contribution in [2.24, 2.45) is 11.7 Å². The van der Waals surface area contributed by atoms with Crippen LogP contribution in [0.4, 0.5) is 0 Å². The predicted octanol–water partition coefficient (Wildman–Crippen LogP) is 1.94. The number of nitrogens with one attached hydrogen (secondary N) is 1. The number of hydrogen-bond acceptors (Lipinski definition) is 5. The van der Waals surface area contributed by atoms with Crippen LogP contribution >= 0.6 is 0 Å². The fourth-order valence-electron chi connectivity index (χ4n) is 2.85. The Morgan fingerprint density at radius 2 is 2.00 bits per heavy atom. The lowest BCUT2D eigenvalue weighted by molar-refractivity contribution is 0.0438. The Hall–Kier alpha value is -0.975. The molecule has 3 N–H and O–H groups in total. The Kier molecular flexibility index (Phi) is 4.71. The van der Waals surface area contributed by atoms with Crippen LogP contribution in [0.5, 0.6) is 0 Å². The Labute approximate surface area is 128 Å². The molecule has 0 aromatic heterocycles. The number of allylic oxidation sites excluding steroid dienone is 2. The van der Waals surface area contributed by atoms with Gasteiger partial charge in [-0.15, -0.1) is 0 Å². The summed E-state index contributed by atoms with van der Waals surface area (Å²) in [6.07, 6.45) is 3.58. The lowest BCUT2D eigenvalue weighted by Gasteiger charge is -2.28. The van der Waals surface area contributed by atoms with E-state index < -0.39 is 7.12 Å². The molecular weight excluding hydrogens is 267 g/mol. The molecule has 2 atom stereocenters. The van der Waals surface area contributed by atoms with Gasteiger partial charge in [-0.3, -0.25) is 0 Å². The molecule has 0 radical (unpaired) electrons. The van der Waals surface area contributed by atoms with Gasteiger partial charge in [-0.2, -0.15) is 0 Å². The van der Waals surface area contributed by atoms with Gasteiger partial charge in [0, 0.05) is 5.47 Å². The van der Waals surface area contributed by atoms with Crippen LogP contribution in [-0.4, -0.2) is 31.1 Å². The van der Waals surface area contributed by atoms with Gasteiger partial charge in [0.15, 0.2) is 0 Å². The highest BCUT2D eigenvalue weighted by Crippen LogP contribution is 2.35. The summed E-state index contributed by atoms with van der Waals surface area (Å²) < 4.78 is 17.9. The van der Waals surface area contributed by atoms with E-state index in [1.807, 2.05) is 26.1 Å². The number of ether oxygens (including phenoxy) is 1. The van der Waals surface area contributed by atoms with Gasteiger partial charge < -0.3 is 25.1 Å². The summed E-state index contributed by atoms with van der Waals surface area (Å²) in [5.41, 5.74) is 6.58. The van der Waals surface area contributed by atoms with Gasteiger partial charge in [-0.25, -0.2) is 0 Å². The first kappa shape index (κ1) is 16.4. The molecule has 2 heterocycles. The standard InChI is InChI=1S/C15H27BN2O3/c1-9(2)13-15(5,6)21-16(20-13)11-7-12(19-10(3)4)14(17)18-8-11/h7-10,13-14,18H,17H2,1-6H3. The van der Waals surface area contributed by atoms with Crippen LogP contribution in [0, 0.1) is 5.92 Å². The van der Waals surface area contributed by atoms with Crippen molar-refractivity contribution in [3.05, 3.63) is 23.5 Å². The minimum absolute atomic E-state index is 0.0573. The van der Waals surface area contributed by atoms with E-state index in [2.05, 4.69) is 33.0 Å². The smallest absolute Gasteiger partial charge is 0.492 e. The molecule has 0 aliphatic carbocycles. The van der Waals surface area contributed by atoms with Crippen LogP contribution < -0.4 is 11.1 Å². The van der Waals surface area contributed by atoms with Crippen LogP contribution in [0.1, 0.15) is 41.5 Å². The third-order valence-corrected chi connectivity index (χ3v) is 3.66. The summed E-state index contributed by atoms with van der Waals surface area (Å²) in [4.78, 5) is 0. The average Bonchev–Trinajstić information content (AvgIpc) is 2.67. The quantitative estimate of drug-likeness (QED) is 0.776. The van der Waals surface area contributed by atoms with E-state index in [9.17, 15) is 0 Å². The molecule has 0 aromatic carbocycles. The van der Waals surface area contributed by atoms with Crippen molar-refractivity contribution in [1.82, 2.24) is 5.32 Å². The molecule has 2 unspecified atom stereocenters. The van der Waals surface area contributed by atoms with Gasteiger partial charge in [0.05, 0.1) is 17.8 Å². The van der Waals surface area contributed by atoms with Crippen molar-refractivity contribution in [2.45, 2.75) is 65.5 Å². The molecule has 21 heavy (non-hydrogen) atoms. The second kappa shape index (κ2) is 6.03. The molecular formula is C15H27BN2O3. The number of dihydropyridines is 1. The highest BCUT2D eigenvalue weighted by molar-refractivity contribution is 6.55. The minimum atomic E-state index is -0.391. The topological polar surface area (TPSA) is 65.7 Å². The van der Waals surface area contributed by atoms with E-state index in [-0.39, 0.29) is 24.0 Å². The first-order chi connectivity index (χ1) is 9.70. The first-order valence-electron chi connectivity index (χ1n) is 7.64. The maximum atomic E-state index is 6.09. The van der Waals surface area contributed by atoms with Crippen LogP contribution in [0.25, 0.3) is 0 Å². The van der Waals surface area contributed by atoms with Crippen molar-refractivity contribution in [2.75, 3.05) is 0 Å². The lowest BCUT2D eigenvalue weighted by atomic mass is 9.77. The molecule has 2 aliphatic rings. The van der Waals surface area contributed by atoms with Gasteiger partial charge >= 0.3 is 7.12 Å². The summed E-state index contributed by atoms with van der Waals surface area (Å²) in [6.45, 7) is 12.4. The van der Waals surface area contributed by atoms with Crippen LogP contribution in [0.3, 0.4) is 0 Å². The molecule has 0 saturated carbocycles. The summed E-state index contributed by atoms with van der Waals surface area (Å²) in [5.74, 6) is 1.10. The zero-order valence-electron chi connectivity index (χ0n) is 13.8. The third-order valence-electron chi connectivity index (χ3n) is 3.66.